The van der Waals surface area contributed by atoms with E-state index in [1.54, 1.807) is 43.5 Å². The molecule has 4 rings (SSSR count). The van der Waals surface area contributed by atoms with Gasteiger partial charge in [-0.3, -0.25) is 14.5 Å². The largest absolute Gasteiger partial charge is 0.507 e. The summed E-state index contributed by atoms with van der Waals surface area (Å²) in [4.78, 5) is 27.7. The van der Waals surface area contributed by atoms with E-state index >= 15 is 0 Å². The first-order chi connectivity index (χ1) is 14.9. The Kier molecular flexibility index (Phi) is 5.34. The van der Waals surface area contributed by atoms with Crippen molar-refractivity contribution >= 4 is 23.1 Å². The topological polar surface area (TPSA) is 66.8 Å². The molecule has 0 aromatic heterocycles. The van der Waals surface area contributed by atoms with E-state index in [-0.39, 0.29) is 11.3 Å². The van der Waals surface area contributed by atoms with E-state index < -0.39 is 17.7 Å². The fourth-order valence-electron chi connectivity index (χ4n) is 3.77. The third kappa shape index (κ3) is 3.70. The van der Waals surface area contributed by atoms with Gasteiger partial charge in [0.05, 0.1) is 18.7 Å². The van der Waals surface area contributed by atoms with Gasteiger partial charge in [-0.25, -0.2) is 0 Å². The lowest BCUT2D eigenvalue weighted by molar-refractivity contribution is -0.132. The van der Waals surface area contributed by atoms with E-state index in [0.29, 0.717) is 22.6 Å². The second-order valence-electron chi connectivity index (χ2n) is 7.64. The Labute approximate surface area is 181 Å². The summed E-state index contributed by atoms with van der Waals surface area (Å²) in [5.41, 5.74) is 3.93. The first-order valence-corrected chi connectivity index (χ1v) is 9.99. The molecule has 1 fully saturated rings. The number of benzene rings is 3. The molecule has 1 amide bonds. The van der Waals surface area contributed by atoms with Crippen LogP contribution in [0.5, 0.6) is 5.75 Å². The van der Waals surface area contributed by atoms with Crippen LogP contribution in [0.25, 0.3) is 5.76 Å². The average Bonchev–Trinajstić information content (AvgIpc) is 3.05. The monoisotopic (exact) mass is 413 g/mol. The van der Waals surface area contributed by atoms with Gasteiger partial charge >= 0.3 is 0 Å². The Morgan fingerprint density at radius 1 is 0.839 bits per heavy atom. The molecule has 0 bridgehead atoms. The number of carbonyl (C=O) groups is 2. The maximum absolute atomic E-state index is 13.1. The number of amides is 1. The molecule has 5 heteroatoms. The number of anilines is 1. The van der Waals surface area contributed by atoms with Crippen LogP contribution in [0, 0.1) is 13.8 Å². The predicted molar refractivity (Wildman–Crippen MR) is 120 cm³/mol. The second kappa shape index (κ2) is 8.11. The van der Waals surface area contributed by atoms with Crippen molar-refractivity contribution in [1.82, 2.24) is 0 Å². The number of methoxy groups -OCH3 is 1. The van der Waals surface area contributed by atoms with Crippen LogP contribution >= 0.6 is 0 Å². The van der Waals surface area contributed by atoms with E-state index in [0.717, 1.165) is 11.1 Å². The summed E-state index contributed by atoms with van der Waals surface area (Å²) < 4.78 is 5.24. The minimum atomic E-state index is -0.755. The van der Waals surface area contributed by atoms with Crippen LogP contribution in [0.3, 0.4) is 0 Å². The zero-order chi connectivity index (χ0) is 22.1. The Morgan fingerprint density at radius 3 is 1.94 bits per heavy atom. The van der Waals surface area contributed by atoms with E-state index in [9.17, 15) is 14.7 Å². The fourth-order valence-corrected chi connectivity index (χ4v) is 3.77. The highest BCUT2D eigenvalue weighted by atomic mass is 16.5. The number of aliphatic hydroxyl groups excluding tert-OH is 1. The minimum Gasteiger partial charge on any atom is -0.507 e. The summed E-state index contributed by atoms with van der Waals surface area (Å²) in [6, 6.07) is 21.0. The summed E-state index contributed by atoms with van der Waals surface area (Å²) in [6.45, 7) is 3.90. The molecular weight excluding hydrogens is 390 g/mol. The number of ether oxygens (including phenoxy) is 1. The number of rotatable bonds is 4. The molecule has 1 N–H and O–H groups in total. The molecule has 1 saturated heterocycles. The standard InChI is InChI=1S/C26H23NO4/c1-16-4-8-19(9-5-16)24(28)22-23(18-10-14-21(31-3)15-11-18)27(26(30)25(22)29)20-12-6-17(2)7-13-20/h4-15,23,28H,1-3H3/b24-22+. The van der Waals surface area contributed by atoms with Crippen molar-refractivity contribution < 1.29 is 19.4 Å². The summed E-state index contributed by atoms with van der Waals surface area (Å²) in [7, 11) is 1.57. The highest BCUT2D eigenvalue weighted by Crippen LogP contribution is 2.42. The number of Topliss-reactive ketones (excluding diaryl/α,β-unsaturated/α-hetero) is 1. The molecule has 0 spiro atoms. The molecule has 0 aliphatic carbocycles. The van der Waals surface area contributed by atoms with Crippen LogP contribution < -0.4 is 9.64 Å². The maximum atomic E-state index is 13.1. The molecule has 0 saturated carbocycles. The zero-order valence-electron chi connectivity index (χ0n) is 17.6. The highest BCUT2D eigenvalue weighted by molar-refractivity contribution is 6.51. The molecule has 5 nitrogen and oxygen atoms in total. The van der Waals surface area contributed by atoms with Crippen molar-refractivity contribution in [2.75, 3.05) is 12.0 Å². The van der Waals surface area contributed by atoms with E-state index in [1.807, 2.05) is 50.2 Å². The van der Waals surface area contributed by atoms with Crippen molar-refractivity contribution in [1.29, 1.82) is 0 Å². The predicted octanol–water partition coefficient (Wildman–Crippen LogP) is 4.94. The van der Waals surface area contributed by atoms with Gasteiger partial charge in [0.15, 0.2) is 0 Å². The quantitative estimate of drug-likeness (QED) is 0.374. The van der Waals surface area contributed by atoms with Gasteiger partial charge in [-0.05, 0) is 43.7 Å². The summed E-state index contributed by atoms with van der Waals surface area (Å²) in [5.74, 6) is -0.902. The summed E-state index contributed by atoms with van der Waals surface area (Å²) in [5, 5.41) is 11.1. The molecule has 31 heavy (non-hydrogen) atoms. The third-order valence-corrected chi connectivity index (χ3v) is 5.51. The van der Waals surface area contributed by atoms with E-state index in [4.69, 9.17) is 4.74 Å². The van der Waals surface area contributed by atoms with Crippen LogP contribution in [-0.2, 0) is 9.59 Å². The van der Waals surface area contributed by atoms with Crippen LogP contribution in [0.4, 0.5) is 5.69 Å². The molecular formula is C26H23NO4. The molecule has 1 unspecified atom stereocenters. The van der Waals surface area contributed by atoms with Gasteiger partial charge in [0.1, 0.15) is 11.5 Å². The second-order valence-corrected chi connectivity index (χ2v) is 7.64. The molecule has 1 aliphatic rings. The van der Waals surface area contributed by atoms with Gasteiger partial charge in [-0.15, -0.1) is 0 Å². The van der Waals surface area contributed by atoms with Crippen molar-refractivity contribution in [2.24, 2.45) is 0 Å². The summed E-state index contributed by atoms with van der Waals surface area (Å²) >= 11 is 0. The number of aryl methyl sites for hydroxylation is 2. The smallest absolute Gasteiger partial charge is 0.300 e. The van der Waals surface area contributed by atoms with Gasteiger partial charge in [-0.2, -0.15) is 0 Å². The number of carbonyl (C=O) groups excluding carboxylic acids is 2. The molecule has 156 valence electrons. The van der Waals surface area contributed by atoms with Crippen molar-refractivity contribution in [3.05, 3.63) is 101 Å². The van der Waals surface area contributed by atoms with Gasteiger partial charge in [0.2, 0.25) is 0 Å². The average molecular weight is 413 g/mol. The first-order valence-electron chi connectivity index (χ1n) is 9.99. The number of hydrogen-bond acceptors (Lipinski definition) is 4. The normalized spacial score (nSPS) is 17.8. The fraction of sp³-hybridized carbons (Fsp3) is 0.154. The number of nitrogens with zero attached hydrogens (tertiary/aromatic N) is 1. The molecule has 3 aromatic carbocycles. The van der Waals surface area contributed by atoms with Gasteiger partial charge in [0, 0.05) is 11.3 Å². The highest BCUT2D eigenvalue weighted by Gasteiger charge is 2.46. The Balaban J connectivity index is 1.92. The van der Waals surface area contributed by atoms with Crippen molar-refractivity contribution in [3.8, 4) is 5.75 Å². The Hall–Kier alpha value is -3.86. The molecule has 0 radical (unpaired) electrons. The van der Waals surface area contributed by atoms with Crippen LogP contribution in [0.15, 0.2) is 78.4 Å². The lowest BCUT2D eigenvalue weighted by Gasteiger charge is -2.25. The van der Waals surface area contributed by atoms with Crippen LogP contribution in [0.1, 0.15) is 28.3 Å². The lowest BCUT2D eigenvalue weighted by Crippen LogP contribution is -2.29. The first kappa shape index (κ1) is 20.4. The number of ketones is 1. The zero-order valence-corrected chi connectivity index (χ0v) is 17.6. The maximum Gasteiger partial charge on any atom is 0.300 e. The van der Waals surface area contributed by atoms with Crippen molar-refractivity contribution in [3.63, 3.8) is 0 Å². The lowest BCUT2D eigenvalue weighted by atomic mass is 9.95. The number of hydrogen-bond donors (Lipinski definition) is 1. The van der Waals surface area contributed by atoms with E-state index in [1.165, 1.54) is 4.90 Å². The van der Waals surface area contributed by atoms with Gasteiger partial charge in [-0.1, -0.05) is 59.7 Å². The molecule has 1 aliphatic heterocycles. The van der Waals surface area contributed by atoms with Gasteiger partial charge in [0.25, 0.3) is 11.7 Å². The van der Waals surface area contributed by atoms with Gasteiger partial charge < -0.3 is 9.84 Å². The molecule has 3 aromatic rings. The van der Waals surface area contributed by atoms with Crippen molar-refractivity contribution in [2.45, 2.75) is 19.9 Å². The minimum absolute atomic E-state index is 0.0691. The Morgan fingerprint density at radius 2 is 1.39 bits per heavy atom. The third-order valence-electron chi connectivity index (χ3n) is 5.51. The van der Waals surface area contributed by atoms with Crippen LogP contribution in [-0.4, -0.2) is 23.9 Å². The SMILES string of the molecule is COc1ccc(C2/C(=C(\O)c3ccc(C)cc3)C(=O)C(=O)N2c2ccc(C)cc2)cc1. The molecule has 1 atom stereocenters. The van der Waals surface area contributed by atoms with Crippen LogP contribution in [0.2, 0.25) is 0 Å². The molecule has 1 heterocycles. The number of aliphatic hydroxyl groups is 1. The Bertz CT molecular complexity index is 1160. The van der Waals surface area contributed by atoms with E-state index in [2.05, 4.69) is 0 Å². The summed E-state index contributed by atoms with van der Waals surface area (Å²) in [6.07, 6.45) is 0.